The van der Waals surface area contributed by atoms with Gasteiger partial charge in [-0.2, -0.15) is 0 Å². The topological polar surface area (TPSA) is 71.1 Å². The molecule has 1 fully saturated rings. The first-order chi connectivity index (χ1) is 15.3. The molecule has 1 aromatic carbocycles. The Kier molecular flexibility index (Phi) is 7.39. The highest BCUT2D eigenvalue weighted by molar-refractivity contribution is 6.32. The third kappa shape index (κ3) is 5.59. The van der Waals surface area contributed by atoms with E-state index in [1.165, 1.54) is 36.5 Å². The molecule has 1 aromatic heterocycles. The summed E-state index contributed by atoms with van der Waals surface area (Å²) < 4.78 is 26.9. The van der Waals surface area contributed by atoms with Crippen molar-refractivity contribution in [2.24, 2.45) is 0 Å². The van der Waals surface area contributed by atoms with Gasteiger partial charge in [0, 0.05) is 11.9 Å². The first-order valence-electron chi connectivity index (χ1n) is 9.84. The Morgan fingerprint density at radius 2 is 1.88 bits per heavy atom. The van der Waals surface area contributed by atoms with Crippen molar-refractivity contribution in [1.82, 2.24) is 4.98 Å². The molecule has 5 nitrogen and oxygen atoms in total. The van der Waals surface area contributed by atoms with Crippen molar-refractivity contribution in [3.63, 3.8) is 0 Å². The van der Waals surface area contributed by atoms with E-state index in [-0.39, 0.29) is 22.6 Å². The second kappa shape index (κ2) is 10.2. The summed E-state index contributed by atoms with van der Waals surface area (Å²) >= 11 is 5.58. The highest BCUT2D eigenvalue weighted by Crippen LogP contribution is 2.44. The van der Waals surface area contributed by atoms with Gasteiger partial charge in [-0.05, 0) is 60.9 Å². The molecule has 1 aliphatic carbocycles. The number of benzene rings is 1. The molecule has 8 heteroatoms. The number of nitrogens with zero attached hydrogens (tertiary/aromatic N) is 1. The Bertz CT molecular complexity index is 1100. The number of aromatic nitrogens is 1. The molecule has 2 aromatic rings. The summed E-state index contributed by atoms with van der Waals surface area (Å²) in [6.07, 6.45) is 10.5. The summed E-state index contributed by atoms with van der Waals surface area (Å²) in [4.78, 5) is 29.1. The summed E-state index contributed by atoms with van der Waals surface area (Å²) in [7, 11) is 0. The predicted molar refractivity (Wildman–Crippen MR) is 120 cm³/mol. The van der Waals surface area contributed by atoms with E-state index in [2.05, 4.69) is 21.5 Å². The lowest BCUT2D eigenvalue weighted by Gasteiger charge is -2.40. The minimum absolute atomic E-state index is 0.0196. The van der Waals surface area contributed by atoms with Gasteiger partial charge in [-0.15, -0.1) is 6.42 Å². The van der Waals surface area contributed by atoms with Gasteiger partial charge >= 0.3 is 0 Å². The fraction of sp³-hybridized carbons (Fsp3) is 0.208. The van der Waals surface area contributed by atoms with Crippen molar-refractivity contribution in [2.45, 2.75) is 31.1 Å². The summed E-state index contributed by atoms with van der Waals surface area (Å²) in [6.45, 7) is 0. The number of amides is 2. The number of anilines is 2. The Morgan fingerprint density at radius 1 is 1.16 bits per heavy atom. The lowest BCUT2D eigenvalue weighted by atomic mass is 9.64. The fourth-order valence-electron chi connectivity index (χ4n) is 3.32. The van der Waals surface area contributed by atoms with Crippen LogP contribution in [0.5, 0.6) is 0 Å². The molecular formula is C24H20ClF2N3O2. The fourth-order valence-corrected chi connectivity index (χ4v) is 3.39. The zero-order valence-corrected chi connectivity index (χ0v) is 17.8. The van der Waals surface area contributed by atoms with E-state index in [1.54, 1.807) is 12.1 Å². The van der Waals surface area contributed by atoms with Crippen LogP contribution in [0.3, 0.4) is 0 Å². The van der Waals surface area contributed by atoms with Crippen LogP contribution in [0, 0.1) is 18.2 Å². The zero-order valence-electron chi connectivity index (χ0n) is 17.0. The van der Waals surface area contributed by atoms with Crippen LogP contribution in [0.2, 0.25) is 0 Å². The molecule has 3 rings (SSSR count). The molecule has 0 saturated heterocycles. The zero-order chi connectivity index (χ0) is 23.1. The number of nitrogens with one attached hydrogen (secondary N) is 2. The van der Waals surface area contributed by atoms with Crippen LogP contribution in [0.25, 0.3) is 0 Å². The molecule has 0 radical (unpaired) electrons. The average Bonchev–Trinajstić information content (AvgIpc) is 2.74. The maximum absolute atomic E-state index is 13.8. The van der Waals surface area contributed by atoms with E-state index in [4.69, 9.17) is 18.0 Å². The predicted octanol–water partition coefficient (Wildman–Crippen LogP) is 5.22. The lowest BCUT2D eigenvalue weighted by Crippen LogP contribution is -2.46. The Morgan fingerprint density at radius 3 is 2.44 bits per heavy atom. The third-order valence-electron chi connectivity index (χ3n) is 5.21. The van der Waals surface area contributed by atoms with Gasteiger partial charge in [-0.25, -0.2) is 13.8 Å². The van der Waals surface area contributed by atoms with Crippen LogP contribution in [0.1, 0.15) is 31.2 Å². The average molecular weight is 456 g/mol. The number of rotatable bonds is 7. The van der Waals surface area contributed by atoms with E-state index in [9.17, 15) is 18.4 Å². The van der Waals surface area contributed by atoms with Gasteiger partial charge in [0.2, 0.25) is 11.8 Å². The van der Waals surface area contributed by atoms with Crippen molar-refractivity contribution in [1.29, 1.82) is 0 Å². The molecule has 0 unspecified atom stereocenters. The molecule has 2 N–H and O–H groups in total. The second-order valence-electron chi connectivity index (χ2n) is 7.33. The van der Waals surface area contributed by atoms with Crippen molar-refractivity contribution in [3.05, 3.63) is 77.0 Å². The number of carbonyl (C=O) groups is 2. The maximum Gasteiger partial charge on any atom is 0.235 e. The molecule has 0 aliphatic heterocycles. The maximum atomic E-state index is 13.8. The normalized spacial score (nSPS) is 15.3. The summed E-state index contributed by atoms with van der Waals surface area (Å²) in [5.74, 6) is 0.471. The molecular weight excluding hydrogens is 436 g/mol. The molecule has 0 spiro atoms. The SMILES string of the molecule is C#C/C(Cl)=C\C=C(\F)CC(=O)Nc1ccc(C2(C(=O)Nc3ccc(F)cc3)CCC2)cn1. The Hall–Kier alpha value is -3.50. The quantitative estimate of drug-likeness (QED) is 0.444. The van der Waals surface area contributed by atoms with Gasteiger partial charge in [0.1, 0.15) is 17.5 Å². The van der Waals surface area contributed by atoms with Crippen molar-refractivity contribution < 1.29 is 18.4 Å². The summed E-state index contributed by atoms with van der Waals surface area (Å²) in [5, 5.41) is 5.35. The molecule has 0 atom stereocenters. The number of pyridine rings is 1. The molecule has 1 heterocycles. The number of carbonyl (C=O) groups excluding carboxylic acids is 2. The van der Waals surface area contributed by atoms with Crippen LogP contribution in [-0.2, 0) is 15.0 Å². The number of allylic oxidation sites excluding steroid dienone is 3. The standard InChI is InChI=1S/C24H20ClF2N3O2/c1-2-17(25)5-6-19(27)14-22(31)30-21-11-4-16(15-28-21)24(12-3-13-24)23(32)29-20-9-7-18(26)8-10-20/h1,4-11,15H,3,12-14H2,(H,29,32)(H,28,30,31)/b17-5+,19-6+. The molecule has 1 saturated carbocycles. The molecule has 0 bridgehead atoms. The van der Waals surface area contributed by atoms with E-state index in [0.717, 1.165) is 12.5 Å². The number of terminal acetylenes is 1. The van der Waals surface area contributed by atoms with Crippen LogP contribution in [-0.4, -0.2) is 16.8 Å². The van der Waals surface area contributed by atoms with Gasteiger partial charge in [0.15, 0.2) is 0 Å². The van der Waals surface area contributed by atoms with Crippen LogP contribution in [0.15, 0.2) is 65.6 Å². The minimum atomic E-state index is -0.735. The van der Waals surface area contributed by atoms with Gasteiger partial charge in [-0.3, -0.25) is 9.59 Å². The number of halogens is 3. The largest absolute Gasteiger partial charge is 0.325 e. The van der Waals surface area contributed by atoms with Crippen molar-refractivity contribution in [2.75, 3.05) is 10.6 Å². The summed E-state index contributed by atoms with van der Waals surface area (Å²) in [6, 6.07) is 8.84. The van der Waals surface area contributed by atoms with Crippen molar-refractivity contribution >= 4 is 34.9 Å². The van der Waals surface area contributed by atoms with Gasteiger partial charge < -0.3 is 10.6 Å². The smallest absolute Gasteiger partial charge is 0.235 e. The molecule has 1 aliphatic rings. The number of hydrogen-bond donors (Lipinski definition) is 2. The summed E-state index contributed by atoms with van der Waals surface area (Å²) in [5.41, 5.74) is 0.482. The minimum Gasteiger partial charge on any atom is -0.325 e. The first-order valence-corrected chi connectivity index (χ1v) is 10.2. The third-order valence-corrected chi connectivity index (χ3v) is 5.44. The molecule has 164 valence electrons. The molecule has 2 amide bonds. The van der Waals surface area contributed by atoms with E-state index in [1.807, 2.05) is 0 Å². The van der Waals surface area contributed by atoms with Crippen LogP contribution >= 0.6 is 11.6 Å². The van der Waals surface area contributed by atoms with Crippen LogP contribution in [0.4, 0.5) is 20.3 Å². The highest BCUT2D eigenvalue weighted by Gasteiger charge is 2.45. The van der Waals surface area contributed by atoms with Crippen molar-refractivity contribution in [3.8, 4) is 12.3 Å². The van der Waals surface area contributed by atoms with Crippen LogP contribution < -0.4 is 10.6 Å². The van der Waals surface area contributed by atoms with Gasteiger partial charge in [-0.1, -0.05) is 30.0 Å². The Labute approximate surface area is 189 Å². The second-order valence-corrected chi connectivity index (χ2v) is 7.73. The Balaban J connectivity index is 1.64. The van der Waals surface area contributed by atoms with E-state index in [0.29, 0.717) is 24.1 Å². The highest BCUT2D eigenvalue weighted by atomic mass is 35.5. The van der Waals surface area contributed by atoms with E-state index < -0.39 is 23.6 Å². The van der Waals surface area contributed by atoms with Gasteiger partial charge in [0.25, 0.3) is 0 Å². The first kappa shape index (κ1) is 23.2. The molecule has 32 heavy (non-hydrogen) atoms. The lowest BCUT2D eigenvalue weighted by molar-refractivity contribution is -0.124. The van der Waals surface area contributed by atoms with Gasteiger partial charge in [0.05, 0.1) is 16.9 Å². The van der Waals surface area contributed by atoms with E-state index >= 15 is 0 Å². The monoisotopic (exact) mass is 455 g/mol. The number of hydrogen-bond acceptors (Lipinski definition) is 3.